The van der Waals surface area contributed by atoms with Crippen molar-refractivity contribution in [2.45, 2.75) is 19.9 Å². The molecule has 0 saturated heterocycles. The van der Waals surface area contributed by atoms with Crippen molar-refractivity contribution in [3.63, 3.8) is 0 Å². The van der Waals surface area contributed by atoms with Gasteiger partial charge in [0, 0.05) is 66.0 Å². The van der Waals surface area contributed by atoms with Crippen molar-refractivity contribution in [3.05, 3.63) is 39.7 Å². The summed E-state index contributed by atoms with van der Waals surface area (Å²) < 4.78 is 1.93. The Morgan fingerprint density at radius 3 is 2.90 bits per heavy atom. The zero-order valence-corrected chi connectivity index (χ0v) is 12.9. The minimum Gasteiger partial charge on any atom is -0.398 e. The Kier molecular flexibility index (Phi) is 3.37. The van der Waals surface area contributed by atoms with E-state index in [0.717, 1.165) is 36.5 Å². The lowest BCUT2D eigenvalue weighted by Gasteiger charge is -2.30. The van der Waals surface area contributed by atoms with Gasteiger partial charge in [-0.2, -0.15) is 5.10 Å². The van der Waals surface area contributed by atoms with E-state index < -0.39 is 0 Å². The fraction of sp³-hybridized carbons (Fsp3) is 0.333. The highest BCUT2D eigenvalue weighted by Crippen LogP contribution is 2.32. The number of nitrogens with zero attached hydrogens (tertiary/aromatic N) is 3. The van der Waals surface area contributed by atoms with Gasteiger partial charge in [-0.3, -0.25) is 4.68 Å². The number of halogens is 1. The van der Waals surface area contributed by atoms with Crippen LogP contribution in [0.2, 0.25) is 5.02 Å². The molecule has 3 N–H and O–H groups in total. The van der Waals surface area contributed by atoms with Gasteiger partial charge in [0.1, 0.15) is 0 Å². The molecule has 0 fully saturated rings. The second-order valence-corrected chi connectivity index (χ2v) is 5.81. The third kappa shape index (κ3) is 2.27. The van der Waals surface area contributed by atoms with E-state index >= 15 is 0 Å². The predicted molar refractivity (Wildman–Crippen MR) is 86.4 cm³/mol. The highest BCUT2D eigenvalue weighted by molar-refractivity contribution is 6.31. The Morgan fingerprint density at radius 2 is 2.19 bits per heavy atom. The minimum atomic E-state index is 0.543. The van der Waals surface area contributed by atoms with Crippen LogP contribution in [0.3, 0.4) is 0 Å². The van der Waals surface area contributed by atoms with Gasteiger partial charge in [-0.25, -0.2) is 0 Å². The second-order valence-electron chi connectivity index (χ2n) is 5.38. The van der Waals surface area contributed by atoms with Crippen molar-refractivity contribution in [1.29, 1.82) is 5.41 Å². The molecule has 6 heteroatoms. The molecule has 0 atom stereocenters. The van der Waals surface area contributed by atoms with Crippen molar-refractivity contribution in [2.75, 3.05) is 17.2 Å². The largest absolute Gasteiger partial charge is 0.398 e. The first-order valence-electron chi connectivity index (χ1n) is 6.87. The molecule has 2 aromatic rings. The number of aromatic nitrogens is 2. The molecule has 0 radical (unpaired) electrons. The molecule has 0 spiro atoms. The average Bonchev–Trinajstić information content (AvgIpc) is 2.73. The maximum absolute atomic E-state index is 7.61. The van der Waals surface area contributed by atoms with Crippen LogP contribution in [0.4, 0.5) is 11.4 Å². The predicted octanol–water partition coefficient (Wildman–Crippen LogP) is 2.52. The number of nitrogen functional groups attached to an aromatic ring is 1. The van der Waals surface area contributed by atoms with Crippen LogP contribution in [0.1, 0.15) is 22.5 Å². The molecular weight excluding hydrogens is 286 g/mol. The average molecular weight is 304 g/mol. The molecule has 0 unspecified atom stereocenters. The summed E-state index contributed by atoms with van der Waals surface area (Å²) in [7, 11) is 1.97. The van der Waals surface area contributed by atoms with Crippen LogP contribution in [-0.4, -0.2) is 22.5 Å². The molecule has 2 heterocycles. The molecule has 5 nitrogen and oxygen atoms in total. The molecular formula is C15H18ClN5. The second kappa shape index (κ2) is 5.07. The molecule has 1 aromatic heterocycles. The Balaban J connectivity index is 2.03. The van der Waals surface area contributed by atoms with E-state index in [1.165, 1.54) is 17.5 Å². The van der Waals surface area contributed by atoms with Gasteiger partial charge in [0.25, 0.3) is 0 Å². The summed E-state index contributed by atoms with van der Waals surface area (Å²) in [6.45, 7) is 3.71. The molecule has 1 aromatic carbocycles. The monoisotopic (exact) mass is 303 g/mol. The summed E-state index contributed by atoms with van der Waals surface area (Å²) in [5, 5.41) is 12.8. The van der Waals surface area contributed by atoms with Gasteiger partial charge in [-0.1, -0.05) is 11.6 Å². The zero-order valence-electron chi connectivity index (χ0n) is 12.2. The van der Waals surface area contributed by atoms with Crippen LogP contribution in [-0.2, 0) is 20.0 Å². The van der Waals surface area contributed by atoms with Crippen LogP contribution < -0.4 is 10.6 Å². The van der Waals surface area contributed by atoms with E-state index in [2.05, 4.69) is 16.9 Å². The minimum absolute atomic E-state index is 0.543. The molecule has 0 aliphatic carbocycles. The van der Waals surface area contributed by atoms with Gasteiger partial charge < -0.3 is 16.0 Å². The topological polar surface area (TPSA) is 70.9 Å². The summed E-state index contributed by atoms with van der Waals surface area (Å²) in [5.41, 5.74) is 11.8. The zero-order chi connectivity index (χ0) is 15.1. The SMILES string of the molecule is Cc1c2c(nn1C)CCN(c1cc(Cl)cc(N)c1C=N)C2. The Hall–Kier alpha value is -2.01. The third-order valence-electron chi connectivity index (χ3n) is 4.15. The van der Waals surface area contributed by atoms with Crippen molar-refractivity contribution in [2.24, 2.45) is 7.05 Å². The van der Waals surface area contributed by atoms with E-state index in [0.29, 0.717) is 10.7 Å². The number of anilines is 2. The number of hydrogen-bond acceptors (Lipinski definition) is 4. The third-order valence-corrected chi connectivity index (χ3v) is 4.37. The molecule has 3 rings (SSSR count). The highest BCUT2D eigenvalue weighted by atomic mass is 35.5. The number of hydrogen-bond donors (Lipinski definition) is 2. The van der Waals surface area contributed by atoms with E-state index in [1.807, 2.05) is 17.8 Å². The van der Waals surface area contributed by atoms with Crippen LogP contribution in [0.25, 0.3) is 0 Å². The maximum atomic E-state index is 7.61. The summed E-state index contributed by atoms with van der Waals surface area (Å²) in [6, 6.07) is 3.57. The lowest BCUT2D eigenvalue weighted by Crippen LogP contribution is -2.31. The first-order chi connectivity index (χ1) is 10.0. The summed E-state index contributed by atoms with van der Waals surface area (Å²) in [6.07, 6.45) is 2.19. The van der Waals surface area contributed by atoms with E-state index in [4.69, 9.17) is 22.7 Å². The van der Waals surface area contributed by atoms with Gasteiger partial charge in [0.15, 0.2) is 0 Å². The smallest absolute Gasteiger partial charge is 0.0694 e. The first kappa shape index (κ1) is 13.9. The van der Waals surface area contributed by atoms with E-state index in [1.54, 1.807) is 6.07 Å². The standard InChI is InChI=1S/C15H18ClN5/c1-9-12-8-21(4-3-14(12)19-20(9)2)15-6-10(16)5-13(18)11(15)7-17/h5-7,17H,3-4,8,18H2,1-2H3. The number of nitrogens with one attached hydrogen (secondary N) is 1. The summed E-state index contributed by atoms with van der Waals surface area (Å²) in [4.78, 5) is 2.22. The van der Waals surface area contributed by atoms with Crippen molar-refractivity contribution in [1.82, 2.24) is 9.78 Å². The highest BCUT2D eigenvalue weighted by Gasteiger charge is 2.24. The fourth-order valence-electron chi connectivity index (χ4n) is 2.89. The fourth-order valence-corrected chi connectivity index (χ4v) is 3.11. The molecule has 0 bridgehead atoms. The number of rotatable bonds is 2. The summed E-state index contributed by atoms with van der Waals surface area (Å²) >= 11 is 6.14. The molecule has 1 aliphatic rings. The van der Waals surface area contributed by atoms with Crippen LogP contribution in [0.15, 0.2) is 12.1 Å². The molecule has 0 amide bonds. The number of fused-ring (bicyclic) bond motifs is 1. The van der Waals surface area contributed by atoms with Gasteiger partial charge in [-0.05, 0) is 19.1 Å². The lowest BCUT2D eigenvalue weighted by molar-refractivity contribution is 0.699. The molecule has 1 aliphatic heterocycles. The van der Waals surface area contributed by atoms with E-state index in [-0.39, 0.29) is 0 Å². The molecule has 0 saturated carbocycles. The van der Waals surface area contributed by atoms with Crippen LogP contribution >= 0.6 is 11.6 Å². The van der Waals surface area contributed by atoms with Crippen molar-refractivity contribution >= 4 is 29.2 Å². The first-order valence-corrected chi connectivity index (χ1v) is 7.25. The maximum Gasteiger partial charge on any atom is 0.0694 e. The molecule has 21 heavy (non-hydrogen) atoms. The van der Waals surface area contributed by atoms with Gasteiger partial charge in [0.05, 0.1) is 5.69 Å². The van der Waals surface area contributed by atoms with Gasteiger partial charge in [-0.15, -0.1) is 0 Å². The lowest BCUT2D eigenvalue weighted by atomic mass is 10.0. The number of benzene rings is 1. The van der Waals surface area contributed by atoms with Gasteiger partial charge >= 0.3 is 0 Å². The van der Waals surface area contributed by atoms with E-state index in [9.17, 15) is 0 Å². The normalized spacial score (nSPS) is 14.1. The van der Waals surface area contributed by atoms with Gasteiger partial charge in [0.2, 0.25) is 0 Å². The van der Waals surface area contributed by atoms with Crippen molar-refractivity contribution < 1.29 is 0 Å². The van der Waals surface area contributed by atoms with Crippen LogP contribution in [0.5, 0.6) is 0 Å². The number of nitrogens with two attached hydrogens (primary N) is 1. The molecule has 110 valence electrons. The summed E-state index contributed by atoms with van der Waals surface area (Å²) in [5.74, 6) is 0. The van der Waals surface area contributed by atoms with Crippen molar-refractivity contribution in [3.8, 4) is 0 Å². The Labute approximate surface area is 128 Å². The van der Waals surface area contributed by atoms with Crippen LogP contribution in [0, 0.1) is 12.3 Å². The number of aryl methyl sites for hydroxylation is 1. The quantitative estimate of drug-likeness (QED) is 0.661. The Bertz CT molecular complexity index is 719. The Morgan fingerprint density at radius 1 is 1.43 bits per heavy atom.